The Balaban J connectivity index is 0.000000861. The maximum atomic E-state index is 12.0. The minimum atomic E-state index is 0.0131. The van der Waals surface area contributed by atoms with Crippen molar-refractivity contribution in [3.05, 3.63) is 24.2 Å². The van der Waals surface area contributed by atoms with Crippen LogP contribution in [-0.4, -0.2) is 48.4 Å². The van der Waals surface area contributed by atoms with E-state index in [4.69, 9.17) is 4.42 Å². The highest BCUT2D eigenvalue weighted by atomic mass is 16.3. The second-order valence-corrected chi connectivity index (χ2v) is 4.96. The van der Waals surface area contributed by atoms with Gasteiger partial charge in [0, 0.05) is 32.7 Å². The van der Waals surface area contributed by atoms with E-state index in [1.165, 1.54) is 0 Å². The lowest BCUT2D eigenvalue weighted by Crippen LogP contribution is -2.49. The Morgan fingerprint density at radius 1 is 1.26 bits per heavy atom. The van der Waals surface area contributed by atoms with Crippen LogP contribution in [0.1, 0.15) is 38.2 Å². The average Bonchev–Trinajstić information content (AvgIpc) is 2.94. The minimum absolute atomic E-state index is 0.0131. The standard InChI is InChI=1S/C13H20N2O2.C2H6/c1-11(2)10-14-5-7-15(8-6-14)13(16)12-4-3-9-17-12;1-2/h3-4,9,11H,5-8,10H2,1-2H3;1-2H3. The van der Waals surface area contributed by atoms with Crippen molar-refractivity contribution in [1.29, 1.82) is 0 Å². The third-order valence-electron chi connectivity index (χ3n) is 3.01. The van der Waals surface area contributed by atoms with Crippen LogP contribution in [0.4, 0.5) is 0 Å². The zero-order chi connectivity index (χ0) is 14.3. The Morgan fingerprint density at radius 3 is 2.37 bits per heavy atom. The number of piperazine rings is 1. The van der Waals surface area contributed by atoms with E-state index in [2.05, 4.69) is 18.7 Å². The zero-order valence-corrected chi connectivity index (χ0v) is 12.6. The van der Waals surface area contributed by atoms with Gasteiger partial charge in [-0.15, -0.1) is 0 Å². The molecule has 1 aliphatic rings. The maximum absolute atomic E-state index is 12.0. The molecule has 1 saturated heterocycles. The van der Waals surface area contributed by atoms with E-state index >= 15 is 0 Å². The van der Waals surface area contributed by atoms with Gasteiger partial charge in [0.1, 0.15) is 0 Å². The second-order valence-electron chi connectivity index (χ2n) is 4.96. The number of carbonyl (C=O) groups is 1. The molecule has 0 saturated carbocycles. The van der Waals surface area contributed by atoms with E-state index in [9.17, 15) is 4.79 Å². The van der Waals surface area contributed by atoms with Crippen molar-refractivity contribution in [2.24, 2.45) is 5.92 Å². The van der Waals surface area contributed by atoms with Crippen molar-refractivity contribution in [3.63, 3.8) is 0 Å². The van der Waals surface area contributed by atoms with E-state index in [0.717, 1.165) is 32.7 Å². The summed E-state index contributed by atoms with van der Waals surface area (Å²) in [6.07, 6.45) is 1.54. The van der Waals surface area contributed by atoms with Crippen LogP contribution in [0.3, 0.4) is 0 Å². The van der Waals surface area contributed by atoms with Gasteiger partial charge in [-0.3, -0.25) is 9.69 Å². The molecular formula is C15H26N2O2. The molecule has 2 rings (SSSR count). The number of rotatable bonds is 3. The van der Waals surface area contributed by atoms with Crippen molar-refractivity contribution >= 4 is 5.91 Å². The average molecular weight is 266 g/mol. The van der Waals surface area contributed by atoms with Crippen LogP contribution in [0.5, 0.6) is 0 Å². The fourth-order valence-electron chi connectivity index (χ4n) is 2.21. The molecule has 0 bridgehead atoms. The molecule has 1 fully saturated rings. The van der Waals surface area contributed by atoms with Crippen molar-refractivity contribution in [2.75, 3.05) is 32.7 Å². The van der Waals surface area contributed by atoms with Crippen LogP contribution in [-0.2, 0) is 0 Å². The number of hydrogen-bond acceptors (Lipinski definition) is 3. The molecule has 4 heteroatoms. The summed E-state index contributed by atoms with van der Waals surface area (Å²) in [5.41, 5.74) is 0. The number of nitrogens with zero attached hydrogens (tertiary/aromatic N) is 2. The number of amides is 1. The third-order valence-corrected chi connectivity index (χ3v) is 3.01. The first kappa shape index (κ1) is 15.8. The molecule has 1 aromatic heterocycles. The van der Waals surface area contributed by atoms with E-state index < -0.39 is 0 Å². The molecule has 1 amide bonds. The van der Waals surface area contributed by atoms with Gasteiger partial charge in [0.25, 0.3) is 5.91 Å². The quantitative estimate of drug-likeness (QED) is 0.844. The second kappa shape index (κ2) is 8.00. The van der Waals surface area contributed by atoms with Gasteiger partial charge in [-0.25, -0.2) is 0 Å². The molecule has 0 radical (unpaired) electrons. The molecule has 0 aliphatic carbocycles. The summed E-state index contributed by atoms with van der Waals surface area (Å²) in [4.78, 5) is 16.3. The Hall–Kier alpha value is -1.29. The molecular weight excluding hydrogens is 240 g/mol. The van der Waals surface area contributed by atoms with Gasteiger partial charge in [-0.05, 0) is 18.1 Å². The highest BCUT2D eigenvalue weighted by Crippen LogP contribution is 2.10. The zero-order valence-electron chi connectivity index (χ0n) is 12.6. The Kier molecular flexibility index (Phi) is 6.64. The molecule has 0 spiro atoms. The minimum Gasteiger partial charge on any atom is -0.459 e. The van der Waals surface area contributed by atoms with Crippen molar-refractivity contribution in [3.8, 4) is 0 Å². The molecule has 0 unspecified atom stereocenters. The SMILES string of the molecule is CC.CC(C)CN1CCN(C(=O)c2ccco2)CC1. The van der Waals surface area contributed by atoms with Gasteiger partial charge >= 0.3 is 0 Å². The Bertz CT molecular complexity index is 352. The molecule has 1 aromatic rings. The molecule has 0 aromatic carbocycles. The van der Waals surface area contributed by atoms with Gasteiger partial charge in [0.15, 0.2) is 5.76 Å². The number of carbonyl (C=O) groups excluding carboxylic acids is 1. The van der Waals surface area contributed by atoms with Gasteiger partial charge < -0.3 is 9.32 Å². The summed E-state index contributed by atoms with van der Waals surface area (Å²) in [7, 11) is 0. The van der Waals surface area contributed by atoms with Crippen LogP contribution < -0.4 is 0 Å². The molecule has 0 atom stereocenters. The smallest absolute Gasteiger partial charge is 0.289 e. The summed E-state index contributed by atoms with van der Waals surface area (Å²) in [6, 6.07) is 3.48. The van der Waals surface area contributed by atoms with E-state index in [1.807, 2.05) is 18.7 Å². The van der Waals surface area contributed by atoms with Crippen LogP contribution in [0.2, 0.25) is 0 Å². The largest absolute Gasteiger partial charge is 0.459 e. The van der Waals surface area contributed by atoms with Gasteiger partial charge in [0.05, 0.1) is 6.26 Å². The molecule has 108 valence electrons. The molecule has 4 nitrogen and oxygen atoms in total. The topological polar surface area (TPSA) is 36.7 Å². The van der Waals surface area contributed by atoms with E-state index in [0.29, 0.717) is 11.7 Å². The maximum Gasteiger partial charge on any atom is 0.289 e. The Labute approximate surface area is 116 Å². The lowest BCUT2D eigenvalue weighted by molar-refractivity contribution is 0.0593. The summed E-state index contributed by atoms with van der Waals surface area (Å²) >= 11 is 0. The lowest BCUT2D eigenvalue weighted by Gasteiger charge is -2.35. The van der Waals surface area contributed by atoms with Gasteiger partial charge in [-0.1, -0.05) is 27.7 Å². The first-order chi connectivity index (χ1) is 9.16. The van der Waals surface area contributed by atoms with Crippen LogP contribution in [0, 0.1) is 5.92 Å². The van der Waals surface area contributed by atoms with E-state index in [-0.39, 0.29) is 5.91 Å². The highest BCUT2D eigenvalue weighted by molar-refractivity contribution is 5.91. The predicted molar refractivity (Wildman–Crippen MR) is 77.2 cm³/mol. The van der Waals surface area contributed by atoms with Crippen LogP contribution >= 0.6 is 0 Å². The predicted octanol–water partition coefficient (Wildman–Crippen LogP) is 2.72. The van der Waals surface area contributed by atoms with Crippen molar-refractivity contribution < 1.29 is 9.21 Å². The van der Waals surface area contributed by atoms with Crippen LogP contribution in [0.15, 0.2) is 22.8 Å². The van der Waals surface area contributed by atoms with Crippen molar-refractivity contribution in [2.45, 2.75) is 27.7 Å². The normalized spacial score (nSPS) is 16.2. The fraction of sp³-hybridized carbons (Fsp3) is 0.667. The Morgan fingerprint density at radius 2 is 1.89 bits per heavy atom. The first-order valence-electron chi connectivity index (χ1n) is 7.22. The summed E-state index contributed by atoms with van der Waals surface area (Å²) in [5.74, 6) is 1.14. The number of hydrogen-bond donors (Lipinski definition) is 0. The third kappa shape index (κ3) is 4.71. The first-order valence-corrected chi connectivity index (χ1v) is 7.22. The van der Waals surface area contributed by atoms with Gasteiger partial charge in [-0.2, -0.15) is 0 Å². The monoisotopic (exact) mass is 266 g/mol. The van der Waals surface area contributed by atoms with Crippen molar-refractivity contribution in [1.82, 2.24) is 9.80 Å². The molecule has 19 heavy (non-hydrogen) atoms. The molecule has 0 N–H and O–H groups in total. The lowest BCUT2D eigenvalue weighted by atomic mass is 10.2. The molecule has 2 heterocycles. The number of furan rings is 1. The van der Waals surface area contributed by atoms with Crippen LogP contribution in [0.25, 0.3) is 0 Å². The molecule has 1 aliphatic heterocycles. The summed E-state index contributed by atoms with van der Waals surface area (Å²) in [6.45, 7) is 13.1. The van der Waals surface area contributed by atoms with Gasteiger partial charge in [0.2, 0.25) is 0 Å². The highest BCUT2D eigenvalue weighted by Gasteiger charge is 2.23. The fourth-order valence-corrected chi connectivity index (χ4v) is 2.21. The van der Waals surface area contributed by atoms with E-state index in [1.54, 1.807) is 18.4 Å². The summed E-state index contributed by atoms with van der Waals surface area (Å²) in [5, 5.41) is 0. The summed E-state index contributed by atoms with van der Waals surface area (Å²) < 4.78 is 5.14.